The Kier molecular flexibility index (Phi) is 5.06. The van der Waals surface area contributed by atoms with E-state index >= 15 is 0 Å². The molecule has 2 aromatic rings. The van der Waals surface area contributed by atoms with Crippen molar-refractivity contribution in [3.8, 4) is 0 Å². The molecule has 2 rings (SSSR count). The summed E-state index contributed by atoms with van der Waals surface area (Å²) in [5, 5.41) is 16.1. The lowest BCUT2D eigenvalue weighted by molar-refractivity contribution is 0.0955. The van der Waals surface area contributed by atoms with Crippen LogP contribution in [0.4, 0.5) is 0 Å². The molecule has 0 unspecified atom stereocenters. The molecule has 1 amide bonds. The van der Waals surface area contributed by atoms with E-state index in [2.05, 4.69) is 15.7 Å². The number of benzene rings is 2. The highest BCUT2D eigenvalue weighted by molar-refractivity contribution is 6.39. The smallest absolute Gasteiger partial charge is 0.271 e. The Morgan fingerprint density at radius 3 is 2.48 bits per heavy atom. The van der Waals surface area contributed by atoms with Gasteiger partial charge in [-0.25, -0.2) is 5.43 Å². The Hall–Kier alpha value is -2.66. The second-order valence-corrected chi connectivity index (χ2v) is 4.50. The fourth-order valence-corrected chi connectivity index (χ4v) is 1.83. The molecule has 0 radical (unpaired) electrons. The molecule has 0 atom stereocenters. The predicted molar refractivity (Wildman–Crippen MR) is 82.2 cm³/mol. The number of carbonyl (C=O) groups is 1. The molecular weight excluding hydrogens is 290 g/mol. The number of oxime groups is 1. The molecule has 21 heavy (non-hydrogen) atoms. The Morgan fingerprint density at radius 1 is 1.10 bits per heavy atom. The molecule has 0 aliphatic carbocycles. The first-order chi connectivity index (χ1) is 10.2. The fourth-order valence-electron chi connectivity index (χ4n) is 1.64. The third-order valence-corrected chi connectivity index (χ3v) is 2.85. The van der Waals surface area contributed by atoms with E-state index in [0.717, 1.165) is 6.21 Å². The van der Waals surface area contributed by atoms with Crippen LogP contribution in [0.3, 0.4) is 0 Å². The van der Waals surface area contributed by atoms with Crippen LogP contribution in [0.2, 0.25) is 5.02 Å². The average Bonchev–Trinajstić information content (AvgIpc) is 2.52. The highest BCUT2D eigenvalue weighted by Gasteiger charge is 2.06. The fraction of sp³-hybridized carbons (Fsp3) is 0. The van der Waals surface area contributed by atoms with E-state index in [1.165, 1.54) is 0 Å². The maximum absolute atomic E-state index is 11.9. The van der Waals surface area contributed by atoms with Crippen molar-refractivity contribution >= 4 is 29.4 Å². The van der Waals surface area contributed by atoms with Crippen molar-refractivity contribution in [2.75, 3.05) is 0 Å². The third kappa shape index (κ3) is 4.15. The molecule has 106 valence electrons. The Balaban J connectivity index is 2.21. The zero-order valence-corrected chi connectivity index (χ0v) is 11.7. The molecule has 0 aliphatic rings. The zero-order chi connectivity index (χ0) is 15.1. The summed E-state index contributed by atoms with van der Waals surface area (Å²) in [6.45, 7) is 0. The van der Waals surface area contributed by atoms with Crippen molar-refractivity contribution in [2.24, 2.45) is 10.3 Å². The van der Waals surface area contributed by atoms with Gasteiger partial charge >= 0.3 is 0 Å². The van der Waals surface area contributed by atoms with Gasteiger partial charge in [-0.05, 0) is 24.3 Å². The first-order valence-electron chi connectivity index (χ1n) is 6.07. The van der Waals surface area contributed by atoms with Gasteiger partial charge < -0.3 is 5.21 Å². The van der Waals surface area contributed by atoms with Crippen LogP contribution >= 0.6 is 11.6 Å². The van der Waals surface area contributed by atoms with Crippen molar-refractivity contribution in [3.05, 3.63) is 70.7 Å². The molecule has 5 nitrogen and oxygen atoms in total. The van der Waals surface area contributed by atoms with Gasteiger partial charge in [-0.2, -0.15) is 5.10 Å². The Labute approximate surface area is 126 Å². The van der Waals surface area contributed by atoms with Gasteiger partial charge in [0.15, 0.2) is 0 Å². The molecule has 0 saturated carbocycles. The number of nitrogens with one attached hydrogen (secondary N) is 1. The maximum Gasteiger partial charge on any atom is 0.271 e. The second kappa shape index (κ2) is 7.21. The van der Waals surface area contributed by atoms with Gasteiger partial charge in [-0.3, -0.25) is 4.79 Å². The monoisotopic (exact) mass is 301 g/mol. The number of rotatable bonds is 4. The summed E-state index contributed by atoms with van der Waals surface area (Å²) >= 11 is 5.90. The lowest BCUT2D eigenvalue weighted by atomic mass is 10.1. The maximum atomic E-state index is 11.9. The molecule has 2 aromatic carbocycles. The predicted octanol–water partition coefficient (Wildman–Crippen LogP) is 2.93. The van der Waals surface area contributed by atoms with Gasteiger partial charge in [0.25, 0.3) is 5.91 Å². The number of carbonyl (C=O) groups excluding carboxylic acids is 1. The highest BCUT2D eigenvalue weighted by Crippen LogP contribution is 2.11. The van der Waals surface area contributed by atoms with Crippen LogP contribution in [0.15, 0.2) is 64.9 Å². The average molecular weight is 302 g/mol. The van der Waals surface area contributed by atoms with Crippen molar-refractivity contribution in [2.45, 2.75) is 0 Å². The Morgan fingerprint density at radius 2 is 1.81 bits per heavy atom. The van der Waals surface area contributed by atoms with Gasteiger partial charge in [0.1, 0.15) is 5.71 Å². The minimum Gasteiger partial charge on any atom is -0.411 e. The van der Waals surface area contributed by atoms with Crippen LogP contribution in [0, 0.1) is 0 Å². The minimum atomic E-state index is -0.360. The van der Waals surface area contributed by atoms with Crippen LogP contribution in [0.1, 0.15) is 15.9 Å². The van der Waals surface area contributed by atoms with Crippen molar-refractivity contribution in [3.63, 3.8) is 0 Å². The van der Waals surface area contributed by atoms with Gasteiger partial charge in [-0.15, -0.1) is 0 Å². The summed E-state index contributed by atoms with van der Waals surface area (Å²) in [6.07, 6.45) is 1.12. The van der Waals surface area contributed by atoms with E-state index < -0.39 is 0 Å². The normalized spacial score (nSPS) is 11.6. The summed E-state index contributed by atoms with van der Waals surface area (Å²) in [7, 11) is 0. The van der Waals surface area contributed by atoms with Crippen LogP contribution < -0.4 is 5.43 Å². The third-order valence-electron chi connectivity index (χ3n) is 2.61. The lowest BCUT2D eigenvalue weighted by Crippen LogP contribution is -2.20. The number of amides is 1. The van der Waals surface area contributed by atoms with Gasteiger partial charge in [0.05, 0.1) is 6.21 Å². The molecule has 0 heterocycles. The molecule has 0 spiro atoms. The van der Waals surface area contributed by atoms with Crippen molar-refractivity contribution in [1.82, 2.24) is 5.43 Å². The lowest BCUT2D eigenvalue weighted by Gasteiger charge is -2.03. The number of hydrogen-bond acceptors (Lipinski definition) is 4. The van der Waals surface area contributed by atoms with E-state index in [1.807, 2.05) is 6.07 Å². The zero-order valence-electron chi connectivity index (χ0n) is 10.9. The molecule has 0 saturated heterocycles. The second-order valence-electron chi connectivity index (χ2n) is 4.06. The number of halogens is 1. The molecule has 6 heteroatoms. The largest absolute Gasteiger partial charge is 0.411 e. The van der Waals surface area contributed by atoms with Gasteiger partial charge in [0.2, 0.25) is 0 Å². The topological polar surface area (TPSA) is 74.0 Å². The van der Waals surface area contributed by atoms with Crippen LogP contribution in [0.25, 0.3) is 0 Å². The van der Waals surface area contributed by atoms with Gasteiger partial charge in [0, 0.05) is 16.1 Å². The standard InChI is InChI=1S/C15H12ClN3O2/c16-13-8-4-7-12(9-13)14(10-17-21)18-19-15(20)11-5-2-1-3-6-11/h1-10,21H,(H,19,20). The minimum absolute atomic E-state index is 0.282. The van der Waals surface area contributed by atoms with E-state index in [4.69, 9.17) is 16.8 Å². The molecule has 2 N–H and O–H groups in total. The number of hydrogen-bond donors (Lipinski definition) is 2. The summed E-state index contributed by atoms with van der Waals surface area (Å²) in [5.74, 6) is -0.360. The Bertz CT molecular complexity index is 684. The SMILES string of the molecule is O=C(NN=C(C=NO)c1cccc(Cl)c1)c1ccccc1. The first-order valence-corrected chi connectivity index (χ1v) is 6.45. The van der Waals surface area contributed by atoms with E-state index in [9.17, 15) is 4.79 Å². The molecule has 0 aliphatic heterocycles. The molecule has 0 bridgehead atoms. The molecule has 0 fully saturated rings. The van der Waals surface area contributed by atoms with Crippen molar-refractivity contribution < 1.29 is 10.0 Å². The summed E-state index contributed by atoms with van der Waals surface area (Å²) < 4.78 is 0. The van der Waals surface area contributed by atoms with E-state index in [-0.39, 0.29) is 11.6 Å². The molecular formula is C15H12ClN3O2. The van der Waals surface area contributed by atoms with Crippen LogP contribution in [-0.4, -0.2) is 23.0 Å². The first kappa shape index (κ1) is 14.7. The van der Waals surface area contributed by atoms with E-state index in [0.29, 0.717) is 16.1 Å². The van der Waals surface area contributed by atoms with Gasteiger partial charge in [-0.1, -0.05) is 47.1 Å². The quantitative estimate of drug-likeness (QED) is 0.517. The summed E-state index contributed by atoms with van der Waals surface area (Å²) in [4.78, 5) is 11.9. The highest BCUT2D eigenvalue weighted by atomic mass is 35.5. The number of hydrazone groups is 1. The molecule has 0 aromatic heterocycles. The van der Waals surface area contributed by atoms with Crippen LogP contribution in [-0.2, 0) is 0 Å². The number of nitrogens with zero attached hydrogens (tertiary/aromatic N) is 2. The van der Waals surface area contributed by atoms with Crippen LogP contribution in [0.5, 0.6) is 0 Å². The summed E-state index contributed by atoms with van der Waals surface area (Å²) in [5.41, 5.74) is 3.79. The van der Waals surface area contributed by atoms with Crippen molar-refractivity contribution in [1.29, 1.82) is 0 Å². The summed E-state index contributed by atoms with van der Waals surface area (Å²) in [6, 6.07) is 15.5. The van der Waals surface area contributed by atoms with E-state index in [1.54, 1.807) is 48.5 Å².